The second-order valence-corrected chi connectivity index (χ2v) is 4.40. The number of carbonyl (C=O) groups excluding carboxylic acids is 1. The Kier molecular flexibility index (Phi) is 3.66. The van der Waals surface area contributed by atoms with Crippen molar-refractivity contribution in [1.29, 1.82) is 0 Å². The van der Waals surface area contributed by atoms with Gasteiger partial charge in [0, 0.05) is 6.42 Å². The van der Waals surface area contributed by atoms with E-state index in [1.165, 1.54) is 19.8 Å². The second-order valence-electron chi connectivity index (χ2n) is 4.40. The third-order valence-electron chi connectivity index (χ3n) is 2.78. The second kappa shape index (κ2) is 5.21. The van der Waals surface area contributed by atoms with Crippen LogP contribution in [-0.4, -0.2) is 29.0 Å². The van der Waals surface area contributed by atoms with Gasteiger partial charge in [-0.2, -0.15) is 4.98 Å². The van der Waals surface area contributed by atoms with Crippen LogP contribution in [0.3, 0.4) is 0 Å². The van der Waals surface area contributed by atoms with Gasteiger partial charge in [-0.1, -0.05) is 5.16 Å². The van der Waals surface area contributed by atoms with Crippen LogP contribution in [0.5, 0.6) is 0 Å². The molecule has 1 aromatic rings. The summed E-state index contributed by atoms with van der Waals surface area (Å²) >= 11 is 0. The number of nitrogens with zero attached hydrogens (tertiary/aromatic N) is 2. The van der Waals surface area contributed by atoms with Crippen molar-refractivity contribution < 1.29 is 9.32 Å². The molecule has 1 aliphatic rings. The van der Waals surface area contributed by atoms with E-state index in [2.05, 4.69) is 15.5 Å². The van der Waals surface area contributed by atoms with Crippen LogP contribution in [0.4, 0.5) is 0 Å². The van der Waals surface area contributed by atoms with Crippen molar-refractivity contribution in [2.45, 2.75) is 32.6 Å². The Bertz CT molecular complexity index is 356. The van der Waals surface area contributed by atoms with Crippen LogP contribution < -0.4 is 5.32 Å². The van der Waals surface area contributed by atoms with Crippen LogP contribution in [0.2, 0.25) is 0 Å². The molecule has 1 atom stereocenters. The minimum Gasteiger partial charge on any atom is -0.339 e. The van der Waals surface area contributed by atoms with Crippen molar-refractivity contribution in [3.8, 4) is 0 Å². The van der Waals surface area contributed by atoms with Crippen molar-refractivity contribution in [1.82, 2.24) is 15.5 Å². The maximum atomic E-state index is 10.9. The highest BCUT2D eigenvalue weighted by Crippen LogP contribution is 2.15. The molecule has 1 aliphatic heterocycles. The molecular formula is C11H17N3O2. The number of nitrogens with one attached hydrogen (secondary N) is 1. The van der Waals surface area contributed by atoms with E-state index in [0.29, 0.717) is 17.6 Å². The van der Waals surface area contributed by atoms with Gasteiger partial charge in [0.15, 0.2) is 5.82 Å². The lowest BCUT2D eigenvalue weighted by atomic mass is 9.96. The van der Waals surface area contributed by atoms with E-state index in [-0.39, 0.29) is 12.2 Å². The summed E-state index contributed by atoms with van der Waals surface area (Å²) in [7, 11) is 0. The van der Waals surface area contributed by atoms with E-state index in [1.54, 1.807) is 0 Å². The summed E-state index contributed by atoms with van der Waals surface area (Å²) in [6.45, 7) is 3.65. The van der Waals surface area contributed by atoms with Gasteiger partial charge in [-0.3, -0.25) is 4.79 Å². The largest absolute Gasteiger partial charge is 0.339 e. The highest BCUT2D eigenvalue weighted by molar-refractivity contribution is 5.77. The molecule has 16 heavy (non-hydrogen) atoms. The van der Waals surface area contributed by atoms with Crippen molar-refractivity contribution in [3.05, 3.63) is 11.7 Å². The lowest BCUT2D eigenvalue weighted by Crippen LogP contribution is -2.30. The third kappa shape index (κ3) is 3.13. The molecule has 1 aromatic heterocycles. The van der Waals surface area contributed by atoms with Gasteiger partial charge in [0.25, 0.3) is 0 Å². The first-order valence-electron chi connectivity index (χ1n) is 5.75. The lowest BCUT2D eigenvalue weighted by molar-refractivity contribution is -0.116. The molecule has 0 spiro atoms. The molecule has 0 aliphatic carbocycles. The molecule has 2 heterocycles. The molecule has 88 valence electrons. The molecule has 0 saturated carbocycles. The molecular weight excluding hydrogens is 206 g/mol. The quantitative estimate of drug-likeness (QED) is 0.815. The number of hydrogen-bond donors (Lipinski definition) is 1. The molecule has 1 unspecified atom stereocenters. The average Bonchev–Trinajstić information content (AvgIpc) is 2.66. The van der Waals surface area contributed by atoms with Gasteiger partial charge in [-0.05, 0) is 38.8 Å². The van der Waals surface area contributed by atoms with Crippen LogP contribution in [0.15, 0.2) is 4.52 Å². The Morgan fingerprint density at radius 1 is 1.62 bits per heavy atom. The Labute approximate surface area is 94.6 Å². The molecule has 5 nitrogen and oxygen atoms in total. The number of piperidine rings is 1. The molecule has 5 heteroatoms. The van der Waals surface area contributed by atoms with Crippen LogP contribution in [0.1, 0.15) is 31.5 Å². The van der Waals surface area contributed by atoms with E-state index in [1.807, 2.05) is 0 Å². The maximum absolute atomic E-state index is 10.9. The summed E-state index contributed by atoms with van der Waals surface area (Å²) in [5, 5.41) is 7.14. The minimum absolute atomic E-state index is 0.0617. The zero-order valence-electron chi connectivity index (χ0n) is 9.53. The van der Waals surface area contributed by atoms with Crippen molar-refractivity contribution in [2.24, 2.45) is 5.92 Å². The molecule has 0 bridgehead atoms. The summed E-state index contributed by atoms with van der Waals surface area (Å²) in [5.74, 6) is 1.81. The molecule has 0 radical (unpaired) electrons. The number of aromatic nitrogens is 2. The standard InChI is InChI=1S/C11H17N3O2/c1-8(15)5-10-13-11(16-14-10)6-9-3-2-4-12-7-9/h9,12H,2-7H2,1H3. The average molecular weight is 223 g/mol. The predicted octanol–water partition coefficient (Wildman–Crippen LogP) is 0.743. The van der Waals surface area contributed by atoms with E-state index in [9.17, 15) is 4.79 Å². The first-order chi connectivity index (χ1) is 7.74. The summed E-state index contributed by atoms with van der Waals surface area (Å²) in [6, 6.07) is 0. The molecule has 0 amide bonds. The van der Waals surface area contributed by atoms with E-state index < -0.39 is 0 Å². The minimum atomic E-state index is 0.0617. The van der Waals surface area contributed by atoms with Crippen LogP contribution >= 0.6 is 0 Å². The summed E-state index contributed by atoms with van der Waals surface area (Å²) in [4.78, 5) is 15.1. The van der Waals surface area contributed by atoms with Crippen molar-refractivity contribution >= 4 is 5.78 Å². The molecule has 1 fully saturated rings. The number of ketones is 1. The topological polar surface area (TPSA) is 68.0 Å². The normalized spacial score (nSPS) is 20.9. The van der Waals surface area contributed by atoms with Gasteiger partial charge in [0.1, 0.15) is 5.78 Å². The highest BCUT2D eigenvalue weighted by Gasteiger charge is 2.17. The molecule has 1 saturated heterocycles. The lowest BCUT2D eigenvalue weighted by Gasteiger charge is -2.20. The smallest absolute Gasteiger partial charge is 0.226 e. The van der Waals surface area contributed by atoms with E-state index in [4.69, 9.17) is 4.52 Å². The zero-order chi connectivity index (χ0) is 11.4. The summed E-state index contributed by atoms with van der Waals surface area (Å²) < 4.78 is 5.13. The van der Waals surface area contributed by atoms with E-state index in [0.717, 1.165) is 19.5 Å². The van der Waals surface area contributed by atoms with Gasteiger partial charge >= 0.3 is 0 Å². The highest BCUT2D eigenvalue weighted by atomic mass is 16.5. The van der Waals surface area contributed by atoms with Gasteiger partial charge in [0.05, 0.1) is 6.42 Å². The number of carbonyl (C=O) groups is 1. The van der Waals surface area contributed by atoms with Gasteiger partial charge < -0.3 is 9.84 Å². The maximum Gasteiger partial charge on any atom is 0.226 e. The Morgan fingerprint density at radius 3 is 3.19 bits per heavy atom. The SMILES string of the molecule is CC(=O)Cc1noc(CC2CCCNC2)n1. The van der Waals surface area contributed by atoms with Crippen LogP contribution in [0.25, 0.3) is 0 Å². The van der Waals surface area contributed by atoms with Crippen LogP contribution in [-0.2, 0) is 17.6 Å². The monoisotopic (exact) mass is 223 g/mol. The van der Waals surface area contributed by atoms with Gasteiger partial charge in [0.2, 0.25) is 5.89 Å². The summed E-state index contributed by atoms with van der Waals surface area (Å²) in [6.07, 6.45) is 3.50. The predicted molar refractivity (Wildman–Crippen MR) is 58.0 cm³/mol. The number of Topliss-reactive ketones (excluding diaryl/α,β-unsaturated/α-hetero) is 1. The Balaban J connectivity index is 1.88. The fourth-order valence-electron chi connectivity index (χ4n) is 2.01. The Morgan fingerprint density at radius 2 is 2.50 bits per heavy atom. The molecule has 2 rings (SSSR count). The number of hydrogen-bond acceptors (Lipinski definition) is 5. The summed E-state index contributed by atoms with van der Waals surface area (Å²) in [5.41, 5.74) is 0. The van der Waals surface area contributed by atoms with E-state index >= 15 is 0 Å². The van der Waals surface area contributed by atoms with Crippen molar-refractivity contribution in [3.63, 3.8) is 0 Å². The van der Waals surface area contributed by atoms with Crippen LogP contribution in [0, 0.1) is 5.92 Å². The number of rotatable bonds is 4. The fraction of sp³-hybridized carbons (Fsp3) is 0.727. The Hall–Kier alpha value is -1.23. The fourth-order valence-corrected chi connectivity index (χ4v) is 2.01. The third-order valence-corrected chi connectivity index (χ3v) is 2.78. The first-order valence-corrected chi connectivity index (χ1v) is 5.75. The first kappa shape index (κ1) is 11.3. The molecule has 1 N–H and O–H groups in total. The van der Waals surface area contributed by atoms with Crippen molar-refractivity contribution in [2.75, 3.05) is 13.1 Å². The zero-order valence-corrected chi connectivity index (χ0v) is 9.53. The van der Waals surface area contributed by atoms with Gasteiger partial charge in [-0.25, -0.2) is 0 Å². The van der Waals surface area contributed by atoms with Gasteiger partial charge in [-0.15, -0.1) is 0 Å². The molecule has 0 aromatic carbocycles.